The first-order chi connectivity index (χ1) is 16.0. The van der Waals surface area contributed by atoms with Crippen LogP contribution in [0.2, 0.25) is 0 Å². The molecule has 1 amide bonds. The van der Waals surface area contributed by atoms with Gasteiger partial charge in [0.2, 0.25) is 0 Å². The molecule has 5 heteroatoms. The average Bonchev–Trinajstić information content (AvgIpc) is 3.20. The number of hydrogen-bond donors (Lipinski definition) is 4. The normalized spacial score (nSPS) is 12.1. The van der Waals surface area contributed by atoms with Crippen LogP contribution in [0.15, 0.2) is 72.8 Å². The molecule has 0 spiro atoms. The number of carbonyl (C=O) groups excluding carboxylic acids is 1. The first kappa shape index (κ1) is 22.8. The molecule has 3 aromatic carbocycles. The molecule has 0 saturated carbocycles. The minimum absolute atomic E-state index is 0.104. The number of aromatic amines is 1. The smallest absolute Gasteiger partial charge is 0.268 e. The molecule has 1 atom stereocenters. The molecule has 0 saturated heterocycles. The lowest BCUT2D eigenvalue weighted by Gasteiger charge is -2.12. The second-order valence-corrected chi connectivity index (χ2v) is 8.67. The lowest BCUT2D eigenvalue weighted by Crippen LogP contribution is -2.37. The SMILES string of the molecule is Cc1ccc(-c2ccc3c(Cc4ccccc4)c(C(=O)NC[C@@H](N)CCCN)[nH]c3c2)cc1. The fraction of sp³-hybridized carbons (Fsp3) is 0.250. The summed E-state index contributed by atoms with van der Waals surface area (Å²) in [5.41, 5.74) is 18.9. The van der Waals surface area contributed by atoms with E-state index in [4.69, 9.17) is 11.5 Å². The minimum Gasteiger partial charge on any atom is -0.350 e. The summed E-state index contributed by atoms with van der Waals surface area (Å²) in [5.74, 6) is -0.128. The Morgan fingerprint density at radius 2 is 1.73 bits per heavy atom. The van der Waals surface area contributed by atoms with Crippen molar-refractivity contribution >= 4 is 16.8 Å². The van der Waals surface area contributed by atoms with Gasteiger partial charge in [0.15, 0.2) is 0 Å². The van der Waals surface area contributed by atoms with E-state index in [1.165, 1.54) is 5.56 Å². The minimum atomic E-state index is -0.128. The second kappa shape index (κ2) is 10.5. The van der Waals surface area contributed by atoms with Gasteiger partial charge in [-0.3, -0.25) is 4.79 Å². The van der Waals surface area contributed by atoms with Gasteiger partial charge in [-0.15, -0.1) is 0 Å². The first-order valence-corrected chi connectivity index (χ1v) is 11.5. The third-order valence-electron chi connectivity index (χ3n) is 6.05. The number of aryl methyl sites for hydroxylation is 1. The van der Waals surface area contributed by atoms with Gasteiger partial charge in [-0.05, 0) is 54.6 Å². The van der Waals surface area contributed by atoms with Crippen molar-refractivity contribution in [3.05, 3.63) is 95.2 Å². The number of hydrogen-bond acceptors (Lipinski definition) is 3. The van der Waals surface area contributed by atoms with Crippen LogP contribution in [0, 0.1) is 6.92 Å². The molecule has 1 aromatic heterocycles. The van der Waals surface area contributed by atoms with Gasteiger partial charge in [0, 0.05) is 29.9 Å². The van der Waals surface area contributed by atoms with Gasteiger partial charge in [0.25, 0.3) is 5.91 Å². The Kier molecular flexibility index (Phi) is 7.23. The van der Waals surface area contributed by atoms with Crippen LogP contribution in [0.1, 0.15) is 40.0 Å². The van der Waals surface area contributed by atoms with Gasteiger partial charge in [0.1, 0.15) is 5.69 Å². The van der Waals surface area contributed by atoms with Crippen LogP contribution in [-0.2, 0) is 6.42 Å². The Balaban J connectivity index is 1.67. The summed E-state index contributed by atoms with van der Waals surface area (Å²) >= 11 is 0. The van der Waals surface area contributed by atoms with Crippen LogP contribution in [0.25, 0.3) is 22.0 Å². The quantitative estimate of drug-likeness (QED) is 0.308. The topological polar surface area (TPSA) is 96.9 Å². The van der Waals surface area contributed by atoms with Crippen molar-refractivity contribution in [3.63, 3.8) is 0 Å². The molecule has 0 radical (unpaired) electrons. The number of nitrogens with two attached hydrogens (primary N) is 2. The predicted octanol–water partition coefficient (Wildman–Crippen LogP) is 4.53. The maximum absolute atomic E-state index is 13.2. The van der Waals surface area contributed by atoms with Gasteiger partial charge in [-0.2, -0.15) is 0 Å². The summed E-state index contributed by atoms with van der Waals surface area (Å²) in [7, 11) is 0. The van der Waals surface area contributed by atoms with Crippen molar-refractivity contribution in [2.45, 2.75) is 32.2 Å². The summed E-state index contributed by atoms with van der Waals surface area (Å²) in [6.07, 6.45) is 2.32. The maximum Gasteiger partial charge on any atom is 0.268 e. The molecule has 5 nitrogen and oxygen atoms in total. The molecule has 33 heavy (non-hydrogen) atoms. The molecule has 0 aliphatic heterocycles. The number of aromatic nitrogens is 1. The fourth-order valence-corrected chi connectivity index (χ4v) is 4.15. The van der Waals surface area contributed by atoms with E-state index >= 15 is 0 Å². The van der Waals surface area contributed by atoms with Crippen molar-refractivity contribution in [2.75, 3.05) is 13.1 Å². The standard InChI is InChI=1S/C28H32N4O/c1-19-9-11-21(12-10-19)22-13-14-24-25(16-20-6-3-2-4-7-20)27(32-26(24)17-22)28(33)31-18-23(30)8-5-15-29/h2-4,6-7,9-14,17,23,32H,5,8,15-16,18,29-30H2,1H3,(H,31,33)/t23-/m0/s1. The first-order valence-electron chi connectivity index (χ1n) is 11.5. The maximum atomic E-state index is 13.2. The largest absolute Gasteiger partial charge is 0.350 e. The van der Waals surface area contributed by atoms with Crippen molar-refractivity contribution in [3.8, 4) is 11.1 Å². The Bertz CT molecular complexity index is 1210. The van der Waals surface area contributed by atoms with Crippen molar-refractivity contribution in [1.29, 1.82) is 0 Å². The lowest BCUT2D eigenvalue weighted by atomic mass is 9.98. The van der Waals surface area contributed by atoms with E-state index in [2.05, 4.69) is 71.8 Å². The van der Waals surface area contributed by atoms with E-state index in [0.717, 1.165) is 46.0 Å². The molecular weight excluding hydrogens is 408 g/mol. The molecule has 6 N–H and O–H groups in total. The summed E-state index contributed by atoms with van der Waals surface area (Å²) in [6.45, 7) is 3.11. The Morgan fingerprint density at radius 1 is 1.00 bits per heavy atom. The van der Waals surface area contributed by atoms with Gasteiger partial charge in [-0.1, -0.05) is 72.3 Å². The van der Waals surface area contributed by atoms with E-state index in [1.54, 1.807) is 0 Å². The monoisotopic (exact) mass is 440 g/mol. The van der Waals surface area contributed by atoms with Gasteiger partial charge in [0.05, 0.1) is 0 Å². The highest BCUT2D eigenvalue weighted by Gasteiger charge is 2.19. The molecule has 0 unspecified atom stereocenters. The number of amides is 1. The van der Waals surface area contributed by atoms with Crippen LogP contribution in [0.3, 0.4) is 0 Å². The number of H-pyrrole nitrogens is 1. The van der Waals surface area contributed by atoms with E-state index in [-0.39, 0.29) is 11.9 Å². The van der Waals surface area contributed by atoms with Crippen LogP contribution in [0.4, 0.5) is 0 Å². The van der Waals surface area contributed by atoms with Crippen molar-refractivity contribution < 1.29 is 4.79 Å². The number of fused-ring (bicyclic) bond motifs is 1. The Labute approximate surface area is 195 Å². The predicted molar refractivity (Wildman–Crippen MR) is 136 cm³/mol. The summed E-state index contributed by atoms with van der Waals surface area (Å²) in [4.78, 5) is 16.6. The Hall–Kier alpha value is -3.41. The molecule has 4 aromatic rings. The van der Waals surface area contributed by atoms with Crippen LogP contribution >= 0.6 is 0 Å². The zero-order valence-electron chi connectivity index (χ0n) is 19.1. The van der Waals surface area contributed by atoms with E-state index in [0.29, 0.717) is 25.2 Å². The molecule has 0 fully saturated rings. The molecule has 0 aliphatic carbocycles. The summed E-state index contributed by atoms with van der Waals surface area (Å²) < 4.78 is 0. The summed E-state index contributed by atoms with van der Waals surface area (Å²) in [6, 6.07) is 25.0. The van der Waals surface area contributed by atoms with Crippen LogP contribution in [0.5, 0.6) is 0 Å². The third-order valence-corrected chi connectivity index (χ3v) is 6.05. The highest BCUT2D eigenvalue weighted by molar-refractivity contribution is 6.02. The summed E-state index contributed by atoms with van der Waals surface area (Å²) in [5, 5.41) is 4.07. The van der Waals surface area contributed by atoms with Crippen molar-refractivity contribution in [1.82, 2.24) is 10.3 Å². The second-order valence-electron chi connectivity index (χ2n) is 8.67. The van der Waals surface area contributed by atoms with Crippen molar-refractivity contribution in [2.24, 2.45) is 11.5 Å². The molecular formula is C28H32N4O. The molecule has 0 bridgehead atoms. The molecule has 4 rings (SSSR count). The van der Waals surface area contributed by atoms with E-state index < -0.39 is 0 Å². The molecule has 0 aliphatic rings. The molecule has 170 valence electrons. The number of carbonyl (C=O) groups is 1. The fourth-order valence-electron chi connectivity index (χ4n) is 4.15. The third kappa shape index (κ3) is 5.51. The zero-order valence-corrected chi connectivity index (χ0v) is 19.1. The van der Waals surface area contributed by atoms with Crippen LogP contribution in [-0.4, -0.2) is 30.0 Å². The number of benzene rings is 3. The van der Waals surface area contributed by atoms with E-state index in [1.807, 2.05) is 18.2 Å². The van der Waals surface area contributed by atoms with Crippen LogP contribution < -0.4 is 16.8 Å². The number of nitrogens with one attached hydrogen (secondary N) is 2. The number of rotatable bonds is 9. The van der Waals surface area contributed by atoms with Gasteiger partial charge >= 0.3 is 0 Å². The zero-order chi connectivity index (χ0) is 23.2. The van der Waals surface area contributed by atoms with E-state index in [9.17, 15) is 4.79 Å². The van der Waals surface area contributed by atoms with Gasteiger partial charge < -0.3 is 21.8 Å². The highest BCUT2D eigenvalue weighted by atomic mass is 16.1. The Morgan fingerprint density at radius 3 is 2.45 bits per heavy atom. The lowest BCUT2D eigenvalue weighted by molar-refractivity contribution is 0.0945. The van der Waals surface area contributed by atoms with Gasteiger partial charge in [-0.25, -0.2) is 0 Å². The average molecular weight is 441 g/mol. The highest BCUT2D eigenvalue weighted by Crippen LogP contribution is 2.30. The molecule has 1 heterocycles.